The molecule has 1 rings (SSSR count). The van der Waals surface area contributed by atoms with Gasteiger partial charge in [-0.1, -0.05) is 13.3 Å². The lowest BCUT2D eigenvalue weighted by molar-refractivity contribution is -0.131. The summed E-state index contributed by atoms with van der Waals surface area (Å²) in [6, 6.07) is 0.0213. The van der Waals surface area contributed by atoms with Crippen molar-refractivity contribution >= 4 is 5.91 Å². The number of nitrogens with zero attached hydrogens (tertiary/aromatic N) is 2. The molecule has 0 aromatic rings. The average Bonchev–Trinajstić information content (AvgIpc) is 2.46. The molecule has 4 nitrogen and oxygen atoms in total. The second-order valence-corrected chi connectivity index (χ2v) is 5.86. The van der Waals surface area contributed by atoms with Gasteiger partial charge in [0.2, 0.25) is 5.91 Å². The minimum atomic E-state index is 0.00665. The molecule has 0 spiro atoms. The average molecular weight is 241 g/mol. The highest BCUT2D eigenvalue weighted by molar-refractivity contribution is 5.84. The van der Waals surface area contributed by atoms with Crippen LogP contribution in [0.2, 0.25) is 0 Å². The Morgan fingerprint density at radius 3 is 2.47 bits per heavy atom. The van der Waals surface area contributed by atoms with Gasteiger partial charge in [-0.3, -0.25) is 10.1 Å². The topological polar surface area (TPSA) is 35.6 Å². The van der Waals surface area contributed by atoms with Crippen LogP contribution in [0.1, 0.15) is 40.5 Å². The Labute approximate surface area is 105 Å². The van der Waals surface area contributed by atoms with Crippen LogP contribution >= 0.6 is 0 Å². The second-order valence-electron chi connectivity index (χ2n) is 5.86. The smallest absolute Gasteiger partial charge is 0.241 e. The molecule has 1 aliphatic heterocycles. The molecule has 1 heterocycles. The van der Waals surface area contributed by atoms with Gasteiger partial charge in [-0.05, 0) is 41.3 Å². The molecule has 1 fully saturated rings. The van der Waals surface area contributed by atoms with E-state index in [1.165, 1.54) is 0 Å². The number of likely N-dealkylation sites (N-methyl/N-ethyl adjacent to an activating group) is 1. The number of carbonyl (C=O) groups is 1. The van der Waals surface area contributed by atoms with Gasteiger partial charge in [-0.15, -0.1) is 0 Å². The van der Waals surface area contributed by atoms with E-state index in [0.29, 0.717) is 0 Å². The molecule has 0 radical (unpaired) electrons. The van der Waals surface area contributed by atoms with E-state index in [1.54, 1.807) is 0 Å². The van der Waals surface area contributed by atoms with Crippen LogP contribution in [0.15, 0.2) is 0 Å². The van der Waals surface area contributed by atoms with Gasteiger partial charge in [0.25, 0.3) is 0 Å². The number of hydrogen-bond donors (Lipinski definition) is 1. The molecule has 2 atom stereocenters. The van der Waals surface area contributed by atoms with Gasteiger partial charge in [-0.2, -0.15) is 0 Å². The summed E-state index contributed by atoms with van der Waals surface area (Å²) >= 11 is 0. The van der Waals surface area contributed by atoms with Gasteiger partial charge >= 0.3 is 0 Å². The van der Waals surface area contributed by atoms with E-state index in [0.717, 1.165) is 19.4 Å². The molecule has 0 aliphatic carbocycles. The van der Waals surface area contributed by atoms with Gasteiger partial charge in [0.1, 0.15) is 0 Å². The minimum Gasteiger partial charge on any atom is -0.324 e. The number of nitrogens with one attached hydrogen (secondary N) is 1. The van der Waals surface area contributed by atoms with Crippen LogP contribution in [0, 0.1) is 0 Å². The zero-order chi connectivity index (χ0) is 13.2. The molecule has 0 bridgehead atoms. The predicted octanol–water partition coefficient (Wildman–Crippen LogP) is 1.27. The number of hydrogen-bond acceptors (Lipinski definition) is 3. The summed E-state index contributed by atoms with van der Waals surface area (Å²) < 4.78 is 0. The Bertz CT molecular complexity index is 276. The Morgan fingerprint density at radius 2 is 2.00 bits per heavy atom. The molecule has 1 saturated heterocycles. The minimum absolute atomic E-state index is 0.00665. The molecule has 0 saturated carbocycles. The third-order valence-electron chi connectivity index (χ3n) is 3.84. The SMILES string of the molecule is CCCC1NC(C)N(CC(C)(C)N(C)C)C1=O. The molecule has 100 valence electrons. The fourth-order valence-electron chi connectivity index (χ4n) is 2.11. The Balaban J connectivity index is 2.69. The van der Waals surface area contributed by atoms with Crippen molar-refractivity contribution in [2.24, 2.45) is 0 Å². The van der Waals surface area contributed by atoms with Gasteiger partial charge in [0.05, 0.1) is 12.2 Å². The lowest BCUT2D eigenvalue weighted by atomic mass is 10.0. The maximum Gasteiger partial charge on any atom is 0.241 e. The first-order valence-electron chi connectivity index (χ1n) is 6.53. The van der Waals surface area contributed by atoms with Crippen molar-refractivity contribution in [1.29, 1.82) is 0 Å². The first kappa shape index (κ1) is 14.5. The maximum atomic E-state index is 12.3. The summed E-state index contributed by atoms with van der Waals surface area (Å²) in [6.07, 6.45) is 2.13. The van der Waals surface area contributed by atoms with E-state index >= 15 is 0 Å². The number of amides is 1. The van der Waals surface area contributed by atoms with E-state index in [9.17, 15) is 4.79 Å². The van der Waals surface area contributed by atoms with Gasteiger partial charge in [0, 0.05) is 12.1 Å². The summed E-state index contributed by atoms with van der Waals surface area (Å²) in [4.78, 5) is 16.4. The molecule has 1 N–H and O–H groups in total. The monoisotopic (exact) mass is 241 g/mol. The molecule has 2 unspecified atom stereocenters. The van der Waals surface area contributed by atoms with Crippen molar-refractivity contribution in [2.45, 2.75) is 58.3 Å². The summed E-state index contributed by atoms with van der Waals surface area (Å²) in [5.74, 6) is 0.259. The van der Waals surface area contributed by atoms with Crippen LogP contribution in [0.5, 0.6) is 0 Å². The number of rotatable bonds is 5. The first-order chi connectivity index (χ1) is 7.79. The molecule has 1 aliphatic rings. The third-order valence-corrected chi connectivity index (χ3v) is 3.84. The van der Waals surface area contributed by atoms with E-state index in [-0.39, 0.29) is 23.7 Å². The second kappa shape index (κ2) is 5.36. The van der Waals surface area contributed by atoms with Crippen LogP contribution in [-0.2, 0) is 4.79 Å². The lowest BCUT2D eigenvalue weighted by Gasteiger charge is -2.37. The van der Waals surface area contributed by atoms with Gasteiger partial charge < -0.3 is 9.80 Å². The third kappa shape index (κ3) is 3.19. The standard InChI is InChI=1S/C13H27N3O/c1-7-8-11-12(17)16(10(2)14-11)9-13(3,4)15(5)6/h10-11,14H,7-9H2,1-6H3. The van der Waals surface area contributed by atoms with Crippen molar-refractivity contribution in [3.63, 3.8) is 0 Å². The highest BCUT2D eigenvalue weighted by atomic mass is 16.2. The lowest BCUT2D eigenvalue weighted by Crippen LogP contribution is -2.51. The molecular weight excluding hydrogens is 214 g/mol. The van der Waals surface area contributed by atoms with Crippen LogP contribution in [-0.4, -0.2) is 54.1 Å². The Morgan fingerprint density at radius 1 is 1.41 bits per heavy atom. The van der Waals surface area contributed by atoms with Crippen LogP contribution < -0.4 is 5.32 Å². The van der Waals surface area contributed by atoms with Crippen molar-refractivity contribution < 1.29 is 4.79 Å². The molecule has 17 heavy (non-hydrogen) atoms. The van der Waals surface area contributed by atoms with Gasteiger partial charge in [0.15, 0.2) is 0 Å². The van der Waals surface area contributed by atoms with Crippen molar-refractivity contribution in [2.75, 3.05) is 20.6 Å². The van der Waals surface area contributed by atoms with Crippen molar-refractivity contribution in [3.05, 3.63) is 0 Å². The summed E-state index contributed by atoms with van der Waals surface area (Å²) in [5, 5.41) is 3.37. The normalized spacial score (nSPS) is 26.1. The summed E-state index contributed by atoms with van der Waals surface area (Å²) in [5.41, 5.74) is 0.00665. The zero-order valence-corrected chi connectivity index (χ0v) is 12.1. The van der Waals surface area contributed by atoms with Crippen LogP contribution in [0.25, 0.3) is 0 Å². The van der Waals surface area contributed by atoms with E-state index in [2.05, 4.69) is 52.0 Å². The highest BCUT2D eigenvalue weighted by Crippen LogP contribution is 2.20. The van der Waals surface area contributed by atoms with E-state index in [1.807, 2.05) is 4.90 Å². The molecule has 1 amide bonds. The highest BCUT2D eigenvalue weighted by Gasteiger charge is 2.38. The van der Waals surface area contributed by atoms with E-state index in [4.69, 9.17) is 0 Å². The fourth-order valence-corrected chi connectivity index (χ4v) is 2.11. The molecular formula is C13H27N3O. The maximum absolute atomic E-state index is 12.3. The van der Waals surface area contributed by atoms with Crippen molar-refractivity contribution in [1.82, 2.24) is 15.1 Å². The molecule has 0 aromatic heterocycles. The van der Waals surface area contributed by atoms with Crippen LogP contribution in [0.4, 0.5) is 0 Å². The first-order valence-corrected chi connectivity index (χ1v) is 6.53. The number of carbonyl (C=O) groups excluding carboxylic acids is 1. The quantitative estimate of drug-likeness (QED) is 0.787. The predicted molar refractivity (Wildman–Crippen MR) is 70.8 cm³/mol. The largest absolute Gasteiger partial charge is 0.324 e. The van der Waals surface area contributed by atoms with Crippen LogP contribution in [0.3, 0.4) is 0 Å². The van der Waals surface area contributed by atoms with Gasteiger partial charge in [-0.25, -0.2) is 0 Å². The van der Waals surface area contributed by atoms with Crippen molar-refractivity contribution in [3.8, 4) is 0 Å². The Hall–Kier alpha value is -0.610. The summed E-state index contributed by atoms with van der Waals surface area (Å²) in [6.45, 7) is 9.29. The Kier molecular flexibility index (Phi) is 4.55. The fraction of sp³-hybridized carbons (Fsp3) is 0.923. The van der Waals surface area contributed by atoms with E-state index < -0.39 is 0 Å². The molecule has 0 aromatic carbocycles. The molecule has 4 heteroatoms. The summed E-state index contributed by atoms with van der Waals surface area (Å²) in [7, 11) is 4.12. The zero-order valence-electron chi connectivity index (χ0n) is 12.1.